The summed E-state index contributed by atoms with van der Waals surface area (Å²) in [5.74, 6) is 0. The van der Waals surface area contributed by atoms with E-state index in [1.54, 1.807) is 0 Å². The lowest BCUT2D eigenvalue weighted by Gasteiger charge is -2.29. The topological polar surface area (TPSA) is 27.7 Å². The van der Waals surface area contributed by atoms with Crippen molar-refractivity contribution in [1.29, 1.82) is 0 Å². The van der Waals surface area contributed by atoms with Crippen LogP contribution >= 0.6 is 0 Å². The van der Waals surface area contributed by atoms with Gasteiger partial charge in [-0.15, -0.1) is 6.58 Å². The van der Waals surface area contributed by atoms with Crippen LogP contribution in [-0.2, 0) is 33.1 Å². The SMILES string of the molecule is C=CC[Si](OCc1ccccc1)(OCc1ccccc1)OCc1ccccc1. The highest BCUT2D eigenvalue weighted by atomic mass is 28.4. The summed E-state index contributed by atoms with van der Waals surface area (Å²) in [6.07, 6.45) is 1.83. The summed E-state index contributed by atoms with van der Waals surface area (Å²) in [4.78, 5) is 0. The van der Waals surface area contributed by atoms with Crippen LogP contribution in [0.4, 0.5) is 0 Å². The first kappa shape index (κ1) is 20.2. The first-order valence-corrected chi connectivity index (χ1v) is 11.4. The van der Waals surface area contributed by atoms with Gasteiger partial charge in [-0.3, -0.25) is 0 Å². The maximum atomic E-state index is 6.32. The van der Waals surface area contributed by atoms with E-state index in [1.165, 1.54) is 0 Å². The molecular weight excluding hydrogens is 364 g/mol. The van der Waals surface area contributed by atoms with Gasteiger partial charge in [0, 0.05) is 6.04 Å². The van der Waals surface area contributed by atoms with Gasteiger partial charge in [-0.25, -0.2) is 0 Å². The zero-order chi connectivity index (χ0) is 19.5. The molecular formula is C24H26O3Si. The van der Waals surface area contributed by atoms with Crippen molar-refractivity contribution in [2.75, 3.05) is 0 Å². The van der Waals surface area contributed by atoms with Gasteiger partial charge in [0.25, 0.3) is 0 Å². The Morgan fingerprint density at radius 2 is 0.893 bits per heavy atom. The maximum absolute atomic E-state index is 6.32. The predicted octanol–water partition coefficient (Wildman–Crippen LogP) is 5.76. The third-order valence-corrected chi connectivity index (χ3v) is 6.84. The minimum absolute atomic E-state index is 0.449. The van der Waals surface area contributed by atoms with Gasteiger partial charge in [0.05, 0.1) is 19.8 Å². The lowest BCUT2D eigenvalue weighted by Crippen LogP contribution is -2.45. The molecule has 3 nitrogen and oxygen atoms in total. The number of benzene rings is 3. The minimum atomic E-state index is -2.96. The Morgan fingerprint density at radius 1 is 0.571 bits per heavy atom. The molecule has 0 N–H and O–H groups in total. The van der Waals surface area contributed by atoms with Crippen LogP contribution in [0.3, 0.4) is 0 Å². The highest BCUT2D eigenvalue weighted by Gasteiger charge is 2.40. The lowest BCUT2D eigenvalue weighted by molar-refractivity contribution is 0.0454. The molecule has 4 heteroatoms. The normalized spacial score (nSPS) is 11.3. The van der Waals surface area contributed by atoms with Crippen molar-refractivity contribution in [3.63, 3.8) is 0 Å². The molecule has 0 fully saturated rings. The fourth-order valence-corrected chi connectivity index (χ4v) is 4.90. The third-order valence-electron chi connectivity index (χ3n) is 4.30. The van der Waals surface area contributed by atoms with Crippen LogP contribution in [0.5, 0.6) is 0 Å². The fourth-order valence-electron chi connectivity index (χ4n) is 2.78. The largest absolute Gasteiger partial charge is 0.505 e. The molecule has 3 aromatic rings. The molecule has 0 amide bonds. The predicted molar refractivity (Wildman–Crippen MR) is 114 cm³/mol. The first-order chi connectivity index (χ1) is 13.8. The third kappa shape index (κ3) is 6.29. The highest BCUT2D eigenvalue weighted by molar-refractivity contribution is 6.61. The Kier molecular flexibility index (Phi) is 7.76. The number of allylic oxidation sites excluding steroid dienone is 1. The van der Waals surface area contributed by atoms with Crippen LogP contribution in [0.25, 0.3) is 0 Å². The van der Waals surface area contributed by atoms with E-state index >= 15 is 0 Å². The number of hydrogen-bond donors (Lipinski definition) is 0. The van der Waals surface area contributed by atoms with Crippen LogP contribution in [0, 0.1) is 0 Å². The smallest absolute Gasteiger partial charge is 0.369 e. The standard InChI is InChI=1S/C24H26O3Si/c1-2-18-28(25-19-22-12-6-3-7-13-22,26-20-23-14-8-4-9-15-23)27-21-24-16-10-5-11-17-24/h2-17H,1,18-21H2. The number of hydrogen-bond acceptors (Lipinski definition) is 3. The van der Waals surface area contributed by atoms with E-state index in [2.05, 4.69) is 6.58 Å². The van der Waals surface area contributed by atoms with Crippen LogP contribution in [0.1, 0.15) is 16.7 Å². The molecule has 3 rings (SSSR count). The average Bonchev–Trinajstić information content (AvgIpc) is 2.77. The summed E-state index contributed by atoms with van der Waals surface area (Å²) in [6, 6.07) is 30.8. The Bertz CT molecular complexity index is 716. The molecule has 0 saturated carbocycles. The van der Waals surface area contributed by atoms with Gasteiger partial charge in [-0.05, 0) is 16.7 Å². The van der Waals surface area contributed by atoms with Gasteiger partial charge >= 0.3 is 8.80 Å². The van der Waals surface area contributed by atoms with E-state index in [0.717, 1.165) is 16.7 Å². The monoisotopic (exact) mass is 390 g/mol. The highest BCUT2D eigenvalue weighted by Crippen LogP contribution is 2.22. The quantitative estimate of drug-likeness (QED) is 0.308. The Balaban J connectivity index is 1.74. The van der Waals surface area contributed by atoms with E-state index in [0.29, 0.717) is 25.9 Å². The van der Waals surface area contributed by atoms with Crippen LogP contribution < -0.4 is 0 Å². The van der Waals surface area contributed by atoms with Crippen LogP contribution in [0.2, 0.25) is 6.04 Å². The molecule has 0 radical (unpaired) electrons. The summed E-state index contributed by atoms with van der Waals surface area (Å²) in [5, 5.41) is 0. The molecule has 0 saturated heterocycles. The molecule has 0 aliphatic heterocycles. The van der Waals surface area contributed by atoms with Crippen molar-refractivity contribution in [3.05, 3.63) is 120 Å². The van der Waals surface area contributed by atoms with Crippen LogP contribution in [-0.4, -0.2) is 8.80 Å². The second kappa shape index (κ2) is 10.7. The zero-order valence-electron chi connectivity index (χ0n) is 16.0. The van der Waals surface area contributed by atoms with Gasteiger partial charge in [0.2, 0.25) is 0 Å². The molecule has 0 atom stereocenters. The summed E-state index contributed by atoms with van der Waals surface area (Å²) in [7, 11) is -2.96. The van der Waals surface area contributed by atoms with Crippen molar-refractivity contribution >= 4 is 8.80 Å². The summed E-state index contributed by atoms with van der Waals surface area (Å²) in [5.41, 5.74) is 3.28. The Labute approximate surface area is 168 Å². The van der Waals surface area contributed by atoms with Gasteiger partial charge < -0.3 is 13.3 Å². The molecule has 0 spiro atoms. The second-order valence-corrected chi connectivity index (χ2v) is 9.14. The molecule has 0 bridgehead atoms. The van der Waals surface area contributed by atoms with Crippen molar-refractivity contribution < 1.29 is 13.3 Å². The molecule has 0 aliphatic rings. The Morgan fingerprint density at radius 3 is 1.18 bits per heavy atom. The van der Waals surface area contributed by atoms with Gasteiger partial charge in [0.15, 0.2) is 0 Å². The van der Waals surface area contributed by atoms with E-state index in [4.69, 9.17) is 13.3 Å². The van der Waals surface area contributed by atoms with Crippen molar-refractivity contribution in [3.8, 4) is 0 Å². The summed E-state index contributed by atoms with van der Waals surface area (Å²) >= 11 is 0. The number of rotatable bonds is 11. The average molecular weight is 391 g/mol. The van der Waals surface area contributed by atoms with Crippen molar-refractivity contribution in [2.45, 2.75) is 25.9 Å². The van der Waals surface area contributed by atoms with Gasteiger partial charge in [-0.2, -0.15) is 0 Å². The van der Waals surface area contributed by atoms with Crippen molar-refractivity contribution in [1.82, 2.24) is 0 Å². The Hall–Kier alpha value is -2.50. The maximum Gasteiger partial charge on any atom is 0.505 e. The summed E-state index contributed by atoms with van der Waals surface area (Å²) in [6.45, 7) is 5.25. The van der Waals surface area contributed by atoms with Crippen LogP contribution in [0.15, 0.2) is 104 Å². The zero-order valence-corrected chi connectivity index (χ0v) is 17.0. The molecule has 3 aromatic carbocycles. The molecule has 0 heterocycles. The second-order valence-electron chi connectivity index (χ2n) is 6.50. The first-order valence-electron chi connectivity index (χ1n) is 9.44. The lowest BCUT2D eigenvalue weighted by atomic mass is 10.2. The van der Waals surface area contributed by atoms with Gasteiger partial charge in [0.1, 0.15) is 0 Å². The molecule has 0 aromatic heterocycles. The fraction of sp³-hybridized carbons (Fsp3) is 0.167. The molecule has 0 aliphatic carbocycles. The van der Waals surface area contributed by atoms with Crippen molar-refractivity contribution in [2.24, 2.45) is 0 Å². The minimum Gasteiger partial charge on any atom is -0.369 e. The van der Waals surface area contributed by atoms with E-state index in [9.17, 15) is 0 Å². The van der Waals surface area contributed by atoms with E-state index in [-0.39, 0.29) is 0 Å². The summed E-state index contributed by atoms with van der Waals surface area (Å²) < 4.78 is 19.0. The van der Waals surface area contributed by atoms with E-state index in [1.807, 2.05) is 97.1 Å². The molecule has 0 unspecified atom stereocenters. The molecule has 28 heavy (non-hydrogen) atoms. The van der Waals surface area contributed by atoms with Gasteiger partial charge in [-0.1, -0.05) is 97.1 Å². The van der Waals surface area contributed by atoms with E-state index < -0.39 is 8.80 Å². The molecule has 144 valence electrons.